The third kappa shape index (κ3) is 2.02. The zero-order valence-electron chi connectivity index (χ0n) is 13.9. The van der Waals surface area contributed by atoms with Gasteiger partial charge in [-0.2, -0.15) is 9.61 Å². The molecular formula is C18H25N5O. The summed E-state index contributed by atoms with van der Waals surface area (Å²) in [7, 11) is 0. The summed E-state index contributed by atoms with van der Waals surface area (Å²) in [6.07, 6.45) is 9.41. The van der Waals surface area contributed by atoms with Gasteiger partial charge in [0.05, 0.1) is 11.9 Å². The second-order valence-corrected chi connectivity index (χ2v) is 7.88. The van der Waals surface area contributed by atoms with Crippen molar-refractivity contribution in [3.63, 3.8) is 0 Å². The van der Waals surface area contributed by atoms with Crippen molar-refractivity contribution in [1.82, 2.24) is 14.6 Å². The maximum atomic E-state index is 9.86. The number of rotatable bonds is 3. The van der Waals surface area contributed by atoms with Crippen molar-refractivity contribution < 1.29 is 5.11 Å². The average Bonchev–Trinajstić information content (AvgIpc) is 3.13. The van der Waals surface area contributed by atoms with Gasteiger partial charge >= 0.3 is 0 Å². The zero-order chi connectivity index (χ0) is 16.3. The van der Waals surface area contributed by atoms with Crippen LogP contribution in [0.2, 0.25) is 0 Å². The summed E-state index contributed by atoms with van der Waals surface area (Å²) in [6, 6.07) is 2.78. The number of fused-ring (bicyclic) bond motifs is 3. The van der Waals surface area contributed by atoms with Gasteiger partial charge in [0.1, 0.15) is 5.82 Å². The second kappa shape index (κ2) is 5.17. The van der Waals surface area contributed by atoms with Crippen LogP contribution in [0.5, 0.6) is 0 Å². The Hall–Kier alpha value is -1.66. The summed E-state index contributed by atoms with van der Waals surface area (Å²) in [4.78, 5) is 4.92. The molecule has 2 aromatic heterocycles. The fourth-order valence-electron chi connectivity index (χ4n) is 4.84. The van der Waals surface area contributed by atoms with Crippen molar-refractivity contribution in [3.05, 3.63) is 23.5 Å². The third-order valence-electron chi connectivity index (χ3n) is 6.46. The lowest BCUT2D eigenvalue weighted by molar-refractivity contribution is 0.204. The van der Waals surface area contributed by atoms with Crippen molar-refractivity contribution in [2.75, 3.05) is 11.9 Å². The Kier molecular flexibility index (Phi) is 3.16. The van der Waals surface area contributed by atoms with Gasteiger partial charge in [0.25, 0.3) is 0 Å². The third-order valence-corrected chi connectivity index (χ3v) is 6.46. The summed E-state index contributed by atoms with van der Waals surface area (Å²) in [5.74, 6) is 1.41. The maximum Gasteiger partial charge on any atom is 0.157 e. The fraction of sp³-hybridized carbons (Fsp3) is 0.667. The minimum absolute atomic E-state index is 0.126. The molecule has 2 saturated carbocycles. The number of anilines is 1. The Morgan fingerprint density at radius 3 is 2.79 bits per heavy atom. The predicted molar refractivity (Wildman–Crippen MR) is 92.0 cm³/mol. The van der Waals surface area contributed by atoms with Gasteiger partial charge < -0.3 is 16.2 Å². The molecule has 128 valence electrons. The van der Waals surface area contributed by atoms with Gasteiger partial charge in [-0.25, -0.2) is 4.98 Å². The van der Waals surface area contributed by atoms with E-state index in [0.717, 1.165) is 56.4 Å². The van der Waals surface area contributed by atoms with E-state index in [9.17, 15) is 5.11 Å². The number of hydrogen-bond donors (Lipinski definition) is 3. The molecule has 0 aliphatic heterocycles. The molecule has 2 aromatic rings. The first-order valence-corrected chi connectivity index (χ1v) is 9.21. The molecule has 0 aromatic carbocycles. The first kappa shape index (κ1) is 14.7. The van der Waals surface area contributed by atoms with Crippen LogP contribution in [-0.4, -0.2) is 38.4 Å². The average molecular weight is 327 g/mol. The van der Waals surface area contributed by atoms with Gasteiger partial charge in [-0.15, -0.1) is 0 Å². The normalized spacial score (nSPS) is 30.7. The van der Waals surface area contributed by atoms with Gasteiger partial charge in [-0.3, -0.25) is 0 Å². The van der Waals surface area contributed by atoms with E-state index in [2.05, 4.69) is 10.4 Å². The number of nitrogens with two attached hydrogens (primary N) is 1. The van der Waals surface area contributed by atoms with E-state index in [4.69, 9.17) is 10.7 Å². The van der Waals surface area contributed by atoms with Gasteiger partial charge in [-0.05, 0) is 50.9 Å². The topological polar surface area (TPSA) is 88.5 Å². The van der Waals surface area contributed by atoms with Crippen LogP contribution >= 0.6 is 0 Å². The van der Waals surface area contributed by atoms with E-state index < -0.39 is 0 Å². The van der Waals surface area contributed by atoms with Gasteiger partial charge in [0, 0.05) is 35.7 Å². The van der Waals surface area contributed by atoms with E-state index in [1.165, 1.54) is 11.3 Å². The molecule has 6 heteroatoms. The smallest absolute Gasteiger partial charge is 0.157 e. The van der Waals surface area contributed by atoms with Crippen LogP contribution in [0.3, 0.4) is 0 Å². The summed E-state index contributed by atoms with van der Waals surface area (Å²) in [5, 5.41) is 18.1. The molecule has 2 heterocycles. The van der Waals surface area contributed by atoms with Crippen LogP contribution < -0.4 is 11.1 Å². The molecule has 3 aliphatic rings. The lowest BCUT2D eigenvalue weighted by Gasteiger charge is -2.28. The second-order valence-electron chi connectivity index (χ2n) is 7.88. The summed E-state index contributed by atoms with van der Waals surface area (Å²) < 4.78 is 1.95. The molecule has 24 heavy (non-hydrogen) atoms. The van der Waals surface area contributed by atoms with Crippen LogP contribution in [0.15, 0.2) is 12.3 Å². The predicted octanol–water partition coefficient (Wildman–Crippen LogP) is 1.61. The minimum Gasteiger partial charge on any atom is -0.396 e. The largest absolute Gasteiger partial charge is 0.396 e. The molecule has 1 spiro atoms. The number of aromatic nitrogens is 3. The van der Waals surface area contributed by atoms with Gasteiger partial charge in [-0.1, -0.05) is 0 Å². The monoisotopic (exact) mass is 327 g/mol. The molecule has 0 bridgehead atoms. The quantitative estimate of drug-likeness (QED) is 0.797. The molecule has 1 atom stereocenters. The number of aliphatic hydroxyl groups excluding tert-OH is 1. The highest BCUT2D eigenvalue weighted by Gasteiger charge is 2.57. The Morgan fingerprint density at radius 2 is 2.08 bits per heavy atom. The number of nitrogens with zero attached hydrogens (tertiary/aromatic N) is 3. The van der Waals surface area contributed by atoms with Crippen molar-refractivity contribution in [2.24, 2.45) is 11.7 Å². The summed E-state index contributed by atoms with van der Waals surface area (Å²) in [6.45, 7) is 0.246. The molecule has 0 amide bonds. The molecule has 3 aliphatic carbocycles. The Bertz CT molecular complexity index is 773. The Balaban J connectivity index is 1.57. The van der Waals surface area contributed by atoms with E-state index in [-0.39, 0.29) is 12.0 Å². The number of hydrogen-bond acceptors (Lipinski definition) is 5. The highest BCUT2D eigenvalue weighted by atomic mass is 16.3. The lowest BCUT2D eigenvalue weighted by atomic mass is 9.92. The SMILES string of the molecule is NC1CCC(Nc2c3c(nc4ccnn24)C2(CC2)C(CO)C3)CC1. The van der Waals surface area contributed by atoms with Crippen LogP contribution in [0, 0.1) is 5.92 Å². The maximum absolute atomic E-state index is 9.86. The van der Waals surface area contributed by atoms with Crippen LogP contribution in [-0.2, 0) is 11.8 Å². The number of aliphatic hydroxyl groups is 1. The molecule has 1 unspecified atom stereocenters. The summed E-state index contributed by atoms with van der Waals surface area (Å²) >= 11 is 0. The highest BCUT2D eigenvalue weighted by Crippen LogP contribution is 2.60. The number of nitrogens with one attached hydrogen (secondary N) is 1. The zero-order valence-corrected chi connectivity index (χ0v) is 13.9. The van der Waals surface area contributed by atoms with Gasteiger partial charge in [0.2, 0.25) is 0 Å². The van der Waals surface area contributed by atoms with Crippen LogP contribution in [0.1, 0.15) is 49.8 Å². The molecule has 6 nitrogen and oxygen atoms in total. The molecule has 5 rings (SSSR count). The Labute approximate surface area is 141 Å². The summed E-state index contributed by atoms with van der Waals surface area (Å²) in [5.41, 5.74) is 9.58. The first-order chi connectivity index (χ1) is 11.7. The molecular weight excluding hydrogens is 302 g/mol. The van der Waals surface area contributed by atoms with Crippen molar-refractivity contribution in [1.29, 1.82) is 0 Å². The molecule has 0 radical (unpaired) electrons. The first-order valence-electron chi connectivity index (χ1n) is 9.21. The van der Waals surface area contributed by atoms with Crippen molar-refractivity contribution in [3.8, 4) is 0 Å². The fourth-order valence-corrected chi connectivity index (χ4v) is 4.84. The van der Waals surface area contributed by atoms with E-state index >= 15 is 0 Å². The standard InChI is InChI=1S/C18H25N5O/c19-12-1-3-13(4-2-12)21-17-14-9-11(10-24)18(6-7-18)16(14)22-15-5-8-20-23(15)17/h5,8,11-13,21,24H,1-4,6-7,9-10,19H2. The molecule has 0 saturated heterocycles. The van der Waals surface area contributed by atoms with E-state index in [0.29, 0.717) is 18.0 Å². The molecule has 4 N–H and O–H groups in total. The van der Waals surface area contributed by atoms with Crippen LogP contribution in [0.25, 0.3) is 5.65 Å². The van der Waals surface area contributed by atoms with E-state index in [1.54, 1.807) is 0 Å². The van der Waals surface area contributed by atoms with Crippen molar-refractivity contribution in [2.45, 2.75) is 62.4 Å². The van der Waals surface area contributed by atoms with Crippen LogP contribution in [0.4, 0.5) is 5.82 Å². The molecule has 2 fully saturated rings. The van der Waals surface area contributed by atoms with Crippen molar-refractivity contribution >= 4 is 11.5 Å². The highest BCUT2D eigenvalue weighted by molar-refractivity contribution is 5.61. The lowest BCUT2D eigenvalue weighted by Crippen LogP contribution is -2.33. The van der Waals surface area contributed by atoms with E-state index in [1.807, 2.05) is 16.8 Å². The minimum atomic E-state index is 0.126. The van der Waals surface area contributed by atoms with Gasteiger partial charge in [0.15, 0.2) is 5.65 Å². The Morgan fingerprint density at radius 1 is 1.29 bits per heavy atom.